The van der Waals surface area contributed by atoms with Crippen LogP contribution in [0.3, 0.4) is 0 Å². The number of aromatic nitrogens is 3. The Morgan fingerprint density at radius 3 is 2.55 bits per heavy atom. The molecule has 0 fully saturated rings. The van der Waals surface area contributed by atoms with E-state index in [-0.39, 0.29) is 10.8 Å². The number of carbonyl (C=O) groups is 1. The molecule has 0 aliphatic carbocycles. The van der Waals surface area contributed by atoms with E-state index >= 15 is 0 Å². The summed E-state index contributed by atoms with van der Waals surface area (Å²) in [7, 11) is -1.86. The molecular weight excluding hydrogens is 438 g/mol. The van der Waals surface area contributed by atoms with Crippen LogP contribution in [0.25, 0.3) is 0 Å². The van der Waals surface area contributed by atoms with E-state index in [2.05, 4.69) is 20.5 Å². The van der Waals surface area contributed by atoms with Gasteiger partial charge in [-0.2, -0.15) is 10.2 Å². The number of nitrogens with zero attached hydrogens (tertiary/aromatic N) is 4. The molecule has 0 saturated heterocycles. The first-order chi connectivity index (χ1) is 14.6. The standard InChI is InChI=1S/C21H20ClN5O3S/c1-12-4-6-14(26-25-12)9-15-10-17(20-18(23-15)11-27(2)21(20)28)24-16-7-5-13(22)8-19(16)31(3,29)30/h4-8,10H,9,11H2,1-3H3,(H,23,24). The van der Waals surface area contributed by atoms with Gasteiger partial charge in [-0.25, -0.2) is 8.42 Å². The van der Waals surface area contributed by atoms with E-state index < -0.39 is 9.84 Å². The Morgan fingerprint density at radius 1 is 1.10 bits per heavy atom. The van der Waals surface area contributed by atoms with Crippen molar-refractivity contribution in [3.8, 4) is 0 Å². The van der Waals surface area contributed by atoms with Crippen LogP contribution >= 0.6 is 11.6 Å². The third kappa shape index (κ3) is 4.38. The van der Waals surface area contributed by atoms with Crippen molar-refractivity contribution < 1.29 is 13.2 Å². The van der Waals surface area contributed by atoms with Crippen molar-refractivity contribution in [2.45, 2.75) is 24.8 Å². The zero-order chi connectivity index (χ0) is 22.3. The number of halogens is 1. The first-order valence-corrected chi connectivity index (χ1v) is 11.7. The zero-order valence-electron chi connectivity index (χ0n) is 17.2. The molecule has 3 aromatic rings. The molecule has 8 nitrogen and oxygen atoms in total. The number of fused-ring (bicyclic) bond motifs is 1. The van der Waals surface area contributed by atoms with Gasteiger partial charge in [0.05, 0.1) is 45.5 Å². The van der Waals surface area contributed by atoms with E-state index in [0.29, 0.717) is 46.3 Å². The fourth-order valence-corrected chi connectivity index (χ4v) is 4.54. The molecule has 0 unspecified atom stereocenters. The van der Waals surface area contributed by atoms with E-state index in [1.54, 1.807) is 30.1 Å². The van der Waals surface area contributed by atoms with Crippen molar-refractivity contribution in [1.29, 1.82) is 0 Å². The Hall–Kier alpha value is -3.04. The summed E-state index contributed by atoms with van der Waals surface area (Å²) in [6, 6.07) is 10.1. The van der Waals surface area contributed by atoms with Gasteiger partial charge in [-0.05, 0) is 43.3 Å². The number of benzene rings is 1. The lowest BCUT2D eigenvalue weighted by molar-refractivity contribution is 0.0817. The molecule has 1 aliphatic rings. The minimum atomic E-state index is -3.55. The molecule has 0 radical (unpaired) electrons. The Bertz CT molecular complexity index is 1290. The van der Waals surface area contributed by atoms with Gasteiger partial charge in [-0.3, -0.25) is 9.78 Å². The summed E-state index contributed by atoms with van der Waals surface area (Å²) >= 11 is 6.01. The van der Waals surface area contributed by atoms with Gasteiger partial charge in [-0.15, -0.1) is 0 Å². The molecule has 160 valence electrons. The molecule has 31 heavy (non-hydrogen) atoms. The summed E-state index contributed by atoms with van der Waals surface area (Å²) < 4.78 is 24.6. The summed E-state index contributed by atoms with van der Waals surface area (Å²) in [5.41, 5.74) is 4.13. The molecule has 4 rings (SSSR count). The van der Waals surface area contributed by atoms with Crippen LogP contribution < -0.4 is 5.32 Å². The van der Waals surface area contributed by atoms with E-state index in [4.69, 9.17) is 11.6 Å². The van der Waals surface area contributed by atoms with Crippen molar-refractivity contribution in [3.05, 3.63) is 69.8 Å². The molecular formula is C21H20ClN5O3S. The van der Waals surface area contributed by atoms with Gasteiger partial charge in [0.15, 0.2) is 9.84 Å². The first-order valence-electron chi connectivity index (χ1n) is 9.46. The normalized spacial score (nSPS) is 13.4. The van der Waals surface area contributed by atoms with Gasteiger partial charge < -0.3 is 10.2 Å². The van der Waals surface area contributed by atoms with Crippen molar-refractivity contribution in [1.82, 2.24) is 20.1 Å². The van der Waals surface area contributed by atoms with Crippen LogP contribution in [0.4, 0.5) is 11.4 Å². The highest BCUT2D eigenvalue weighted by Crippen LogP contribution is 2.34. The molecule has 10 heteroatoms. The average Bonchev–Trinajstić information content (AvgIpc) is 2.98. The number of anilines is 2. The fraction of sp³-hybridized carbons (Fsp3) is 0.238. The van der Waals surface area contributed by atoms with Gasteiger partial charge in [0.25, 0.3) is 5.91 Å². The summed E-state index contributed by atoms with van der Waals surface area (Å²) in [5, 5.41) is 11.7. The predicted octanol–water partition coefficient (Wildman–Crippen LogP) is 3.16. The van der Waals surface area contributed by atoms with Crippen LogP contribution in [0.15, 0.2) is 41.3 Å². The number of amides is 1. The number of hydrogen-bond acceptors (Lipinski definition) is 7. The van der Waals surface area contributed by atoms with E-state index in [1.807, 2.05) is 19.1 Å². The summed E-state index contributed by atoms with van der Waals surface area (Å²) in [6.07, 6.45) is 1.54. The largest absolute Gasteiger partial charge is 0.354 e. The van der Waals surface area contributed by atoms with E-state index in [0.717, 1.165) is 17.6 Å². The Kier molecular flexibility index (Phi) is 5.40. The number of sulfone groups is 1. The number of hydrogen-bond donors (Lipinski definition) is 1. The lowest BCUT2D eigenvalue weighted by atomic mass is 10.1. The van der Waals surface area contributed by atoms with Gasteiger partial charge in [-0.1, -0.05) is 11.6 Å². The number of pyridine rings is 1. The predicted molar refractivity (Wildman–Crippen MR) is 117 cm³/mol. The highest BCUT2D eigenvalue weighted by molar-refractivity contribution is 7.90. The topological polar surface area (TPSA) is 105 Å². The van der Waals surface area contributed by atoms with Gasteiger partial charge in [0.1, 0.15) is 0 Å². The van der Waals surface area contributed by atoms with Gasteiger partial charge in [0.2, 0.25) is 0 Å². The maximum atomic E-state index is 12.7. The van der Waals surface area contributed by atoms with Crippen molar-refractivity contribution >= 4 is 38.7 Å². The second kappa shape index (κ2) is 7.90. The molecule has 2 aromatic heterocycles. The molecule has 1 aromatic carbocycles. The average molecular weight is 458 g/mol. The number of carbonyl (C=O) groups excluding carboxylic acids is 1. The molecule has 1 N–H and O–H groups in total. The van der Waals surface area contributed by atoms with Crippen LogP contribution in [0.5, 0.6) is 0 Å². The lowest BCUT2D eigenvalue weighted by Crippen LogP contribution is -2.18. The van der Waals surface area contributed by atoms with Crippen LogP contribution in [0.2, 0.25) is 5.02 Å². The van der Waals surface area contributed by atoms with Crippen LogP contribution in [-0.2, 0) is 22.8 Å². The van der Waals surface area contributed by atoms with Gasteiger partial charge in [0, 0.05) is 30.4 Å². The molecule has 0 bridgehead atoms. The van der Waals surface area contributed by atoms with E-state index in [9.17, 15) is 13.2 Å². The minimum absolute atomic E-state index is 0.0512. The number of nitrogens with one attached hydrogen (secondary N) is 1. The zero-order valence-corrected chi connectivity index (χ0v) is 18.8. The Morgan fingerprint density at radius 2 is 1.87 bits per heavy atom. The third-order valence-electron chi connectivity index (χ3n) is 4.92. The summed E-state index contributed by atoms with van der Waals surface area (Å²) in [5.74, 6) is -0.179. The molecule has 1 amide bonds. The molecule has 3 heterocycles. The number of rotatable bonds is 5. The highest BCUT2D eigenvalue weighted by atomic mass is 35.5. The number of aryl methyl sites for hydroxylation is 1. The second-order valence-corrected chi connectivity index (χ2v) is 9.95. The van der Waals surface area contributed by atoms with E-state index in [1.165, 1.54) is 6.07 Å². The first kappa shape index (κ1) is 21.2. The summed E-state index contributed by atoms with van der Waals surface area (Å²) in [6.45, 7) is 2.23. The third-order valence-corrected chi connectivity index (χ3v) is 6.29. The smallest absolute Gasteiger partial charge is 0.257 e. The molecule has 1 aliphatic heterocycles. The van der Waals surface area contributed by atoms with Crippen molar-refractivity contribution in [2.75, 3.05) is 18.6 Å². The van der Waals surface area contributed by atoms with Crippen molar-refractivity contribution in [3.63, 3.8) is 0 Å². The quantitative estimate of drug-likeness (QED) is 0.627. The van der Waals surface area contributed by atoms with Crippen molar-refractivity contribution in [2.24, 2.45) is 0 Å². The van der Waals surface area contributed by atoms with Crippen LogP contribution in [0, 0.1) is 6.92 Å². The fourth-order valence-electron chi connectivity index (χ4n) is 3.44. The second-order valence-electron chi connectivity index (χ2n) is 7.52. The maximum Gasteiger partial charge on any atom is 0.257 e. The van der Waals surface area contributed by atoms with Gasteiger partial charge >= 0.3 is 0 Å². The SMILES string of the molecule is Cc1ccc(Cc2cc(Nc3ccc(Cl)cc3S(C)(=O)=O)c3c(n2)CN(C)C3=O)nn1. The van der Waals surface area contributed by atoms with Crippen LogP contribution in [0.1, 0.15) is 33.1 Å². The molecule has 0 atom stereocenters. The lowest BCUT2D eigenvalue weighted by Gasteiger charge is -2.15. The molecule has 0 saturated carbocycles. The summed E-state index contributed by atoms with van der Waals surface area (Å²) in [4.78, 5) is 19.0. The maximum absolute atomic E-state index is 12.7. The Balaban J connectivity index is 1.79. The minimum Gasteiger partial charge on any atom is -0.354 e. The Labute approximate surface area is 185 Å². The van der Waals surface area contributed by atoms with Crippen LogP contribution in [-0.4, -0.2) is 47.7 Å². The monoisotopic (exact) mass is 457 g/mol. The molecule has 0 spiro atoms. The highest BCUT2D eigenvalue weighted by Gasteiger charge is 2.30.